The number of hydrogen-bond donors (Lipinski definition) is 0. The molecule has 1 heteroatoms. The van der Waals surface area contributed by atoms with Crippen molar-refractivity contribution in [1.82, 2.24) is 4.98 Å². The normalized spacial score (nSPS) is 12.6. The van der Waals surface area contributed by atoms with Crippen LogP contribution in [0.2, 0.25) is 0 Å². The summed E-state index contributed by atoms with van der Waals surface area (Å²) in [6.45, 7) is 6.42. The quantitative estimate of drug-likeness (QED) is 0.596. The van der Waals surface area contributed by atoms with Crippen molar-refractivity contribution in [2.45, 2.75) is 19.8 Å². The van der Waals surface area contributed by atoms with E-state index in [0.717, 1.165) is 18.4 Å². The number of pyridine rings is 1. The highest BCUT2D eigenvalue weighted by atomic mass is 14.6. The van der Waals surface area contributed by atoms with Crippen LogP contribution in [0.5, 0.6) is 0 Å². The Morgan fingerprint density at radius 1 is 1.08 bits per heavy atom. The van der Waals surface area contributed by atoms with E-state index in [1.165, 1.54) is 39.0 Å². The Morgan fingerprint density at radius 3 is 2.80 bits per heavy atom. The number of nitrogens with zero attached hydrogens (tertiary/aromatic N) is 1. The molecule has 2 aromatic carbocycles. The van der Waals surface area contributed by atoms with Crippen molar-refractivity contribution in [3.8, 4) is 0 Å². The van der Waals surface area contributed by atoms with Gasteiger partial charge in [0.15, 0.2) is 0 Å². The highest BCUT2D eigenvalue weighted by molar-refractivity contribution is 5.88. The van der Waals surface area contributed by atoms with Crippen LogP contribution in [0.15, 0.2) is 73.6 Å². The summed E-state index contributed by atoms with van der Waals surface area (Å²) in [6, 6.07) is 19.5. The lowest BCUT2D eigenvalue weighted by Gasteiger charge is -2.09. The van der Waals surface area contributed by atoms with Gasteiger partial charge in [0.1, 0.15) is 0 Å². The third-order valence-electron chi connectivity index (χ3n) is 4.80. The molecule has 4 rings (SSSR count). The number of rotatable bonds is 4. The van der Waals surface area contributed by atoms with E-state index in [2.05, 4.69) is 73.1 Å². The van der Waals surface area contributed by atoms with Crippen LogP contribution in [0, 0.1) is 6.92 Å². The molecule has 122 valence electrons. The average Bonchev–Trinajstić information content (AvgIpc) is 3.06. The van der Waals surface area contributed by atoms with Gasteiger partial charge in [-0.15, -0.1) is 0 Å². The zero-order valence-corrected chi connectivity index (χ0v) is 14.5. The van der Waals surface area contributed by atoms with Gasteiger partial charge < -0.3 is 0 Å². The Morgan fingerprint density at radius 2 is 2.00 bits per heavy atom. The molecule has 1 nitrogen and oxygen atoms in total. The van der Waals surface area contributed by atoms with Gasteiger partial charge in [-0.1, -0.05) is 66.7 Å². The van der Waals surface area contributed by atoms with Crippen LogP contribution in [0.1, 0.15) is 33.4 Å². The van der Waals surface area contributed by atoms with E-state index in [4.69, 9.17) is 0 Å². The van der Waals surface area contributed by atoms with E-state index in [1.807, 2.05) is 18.5 Å². The number of aryl methyl sites for hydroxylation is 1. The first-order valence-corrected chi connectivity index (χ1v) is 8.66. The SMILES string of the molecule is C=C(Cc1ccc2c(c1)C=C(c1cccnc1)C2)c1cccc(C)c1. The standard InChI is InChI=1S/C24H21N/c1-17-5-3-6-20(11-17)18(2)12-19-8-9-21-14-24(15-23(21)13-19)22-7-4-10-25-16-22/h3-11,13,15-16H,2,12,14H2,1H3. The predicted octanol–water partition coefficient (Wildman–Crippen LogP) is 5.74. The number of allylic oxidation sites excluding steroid dienone is 2. The molecule has 0 atom stereocenters. The van der Waals surface area contributed by atoms with Gasteiger partial charge in [-0.2, -0.15) is 0 Å². The van der Waals surface area contributed by atoms with Crippen LogP contribution < -0.4 is 0 Å². The highest BCUT2D eigenvalue weighted by Crippen LogP contribution is 2.32. The molecule has 0 N–H and O–H groups in total. The molecule has 1 aromatic heterocycles. The lowest BCUT2D eigenvalue weighted by molar-refractivity contribution is 1.23. The van der Waals surface area contributed by atoms with E-state index in [9.17, 15) is 0 Å². The topological polar surface area (TPSA) is 12.9 Å². The van der Waals surface area contributed by atoms with E-state index in [-0.39, 0.29) is 0 Å². The molecule has 0 spiro atoms. The van der Waals surface area contributed by atoms with E-state index in [1.54, 1.807) is 0 Å². The zero-order chi connectivity index (χ0) is 17.2. The molecule has 0 aliphatic heterocycles. The van der Waals surface area contributed by atoms with Crippen LogP contribution in [0.4, 0.5) is 0 Å². The third-order valence-corrected chi connectivity index (χ3v) is 4.80. The van der Waals surface area contributed by atoms with Gasteiger partial charge in [-0.05, 0) is 64.8 Å². The van der Waals surface area contributed by atoms with Crippen LogP contribution >= 0.6 is 0 Å². The Bertz CT molecular complexity index is 964. The Labute approximate surface area is 149 Å². The molecule has 0 radical (unpaired) electrons. The first-order valence-electron chi connectivity index (χ1n) is 8.66. The fourth-order valence-corrected chi connectivity index (χ4v) is 3.45. The van der Waals surface area contributed by atoms with Crippen LogP contribution in [-0.2, 0) is 12.8 Å². The van der Waals surface area contributed by atoms with E-state index < -0.39 is 0 Å². The number of benzene rings is 2. The van der Waals surface area contributed by atoms with Gasteiger partial charge in [0, 0.05) is 12.4 Å². The molecular weight excluding hydrogens is 302 g/mol. The van der Waals surface area contributed by atoms with Gasteiger partial charge in [-0.25, -0.2) is 0 Å². The van der Waals surface area contributed by atoms with Gasteiger partial charge in [0.05, 0.1) is 0 Å². The zero-order valence-electron chi connectivity index (χ0n) is 14.5. The maximum atomic E-state index is 4.29. The van der Waals surface area contributed by atoms with E-state index in [0.29, 0.717) is 0 Å². The number of aromatic nitrogens is 1. The molecule has 0 saturated heterocycles. The van der Waals surface area contributed by atoms with Gasteiger partial charge in [-0.3, -0.25) is 4.98 Å². The second-order valence-corrected chi connectivity index (χ2v) is 6.77. The minimum atomic E-state index is 0.882. The fraction of sp³-hybridized carbons (Fsp3) is 0.125. The maximum absolute atomic E-state index is 4.29. The third kappa shape index (κ3) is 3.32. The molecule has 25 heavy (non-hydrogen) atoms. The smallest absolute Gasteiger partial charge is 0.0343 e. The molecular formula is C24H21N. The summed E-state index contributed by atoms with van der Waals surface area (Å²) in [6.07, 6.45) is 7.93. The first kappa shape index (κ1) is 15.6. The van der Waals surface area contributed by atoms with Crippen molar-refractivity contribution in [2.24, 2.45) is 0 Å². The Kier molecular flexibility index (Phi) is 4.07. The largest absolute Gasteiger partial charge is 0.264 e. The maximum Gasteiger partial charge on any atom is 0.0343 e. The Hall–Kier alpha value is -2.93. The van der Waals surface area contributed by atoms with Crippen molar-refractivity contribution in [1.29, 1.82) is 0 Å². The predicted molar refractivity (Wildman–Crippen MR) is 106 cm³/mol. The summed E-state index contributed by atoms with van der Waals surface area (Å²) >= 11 is 0. The molecule has 0 bridgehead atoms. The molecule has 0 unspecified atom stereocenters. The minimum Gasteiger partial charge on any atom is -0.264 e. The summed E-state index contributed by atoms with van der Waals surface area (Å²) in [7, 11) is 0. The highest BCUT2D eigenvalue weighted by Gasteiger charge is 2.15. The first-order chi connectivity index (χ1) is 12.2. The molecule has 1 aliphatic carbocycles. The van der Waals surface area contributed by atoms with Gasteiger partial charge >= 0.3 is 0 Å². The summed E-state index contributed by atoms with van der Waals surface area (Å²) in [5, 5.41) is 0. The lowest BCUT2D eigenvalue weighted by Crippen LogP contribution is -1.92. The summed E-state index contributed by atoms with van der Waals surface area (Å²) in [4.78, 5) is 4.24. The summed E-state index contributed by atoms with van der Waals surface area (Å²) in [5.74, 6) is 0. The monoisotopic (exact) mass is 323 g/mol. The van der Waals surface area contributed by atoms with Crippen molar-refractivity contribution in [3.63, 3.8) is 0 Å². The minimum absolute atomic E-state index is 0.882. The van der Waals surface area contributed by atoms with E-state index >= 15 is 0 Å². The number of fused-ring (bicyclic) bond motifs is 1. The second kappa shape index (κ2) is 6.52. The van der Waals surface area contributed by atoms with Crippen molar-refractivity contribution in [2.75, 3.05) is 0 Å². The average molecular weight is 323 g/mol. The molecule has 1 aliphatic rings. The van der Waals surface area contributed by atoms with Crippen LogP contribution in [0.25, 0.3) is 17.2 Å². The summed E-state index contributed by atoms with van der Waals surface area (Å²) < 4.78 is 0. The van der Waals surface area contributed by atoms with Gasteiger partial charge in [0.2, 0.25) is 0 Å². The van der Waals surface area contributed by atoms with Crippen LogP contribution in [0.3, 0.4) is 0 Å². The number of hydrogen-bond acceptors (Lipinski definition) is 1. The molecule has 0 amide bonds. The van der Waals surface area contributed by atoms with Crippen molar-refractivity contribution in [3.05, 3.63) is 107 Å². The van der Waals surface area contributed by atoms with Gasteiger partial charge in [0.25, 0.3) is 0 Å². The molecule has 0 fully saturated rings. The Balaban J connectivity index is 1.56. The fourth-order valence-electron chi connectivity index (χ4n) is 3.45. The molecule has 1 heterocycles. The van der Waals surface area contributed by atoms with Crippen molar-refractivity contribution < 1.29 is 0 Å². The van der Waals surface area contributed by atoms with Crippen LogP contribution in [-0.4, -0.2) is 4.98 Å². The van der Waals surface area contributed by atoms with Crippen molar-refractivity contribution >= 4 is 17.2 Å². The summed E-state index contributed by atoms with van der Waals surface area (Å²) in [5.41, 5.74) is 10.3. The second-order valence-electron chi connectivity index (χ2n) is 6.77. The lowest BCUT2D eigenvalue weighted by atomic mass is 9.96. The molecule has 3 aromatic rings. The molecule has 0 saturated carbocycles.